The number of benzene rings is 2. The summed E-state index contributed by atoms with van der Waals surface area (Å²) in [5, 5.41) is 0. The monoisotopic (exact) mass is 326 g/mol. The Morgan fingerprint density at radius 3 is 1.75 bits per heavy atom. The first-order valence-corrected chi connectivity index (χ1v) is 8.06. The molecule has 0 fully saturated rings. The molecule has 0 N–H and O–H groups in total. The van der Waals surface area contributed by atoms with Crippen molar-refractivity contribution in [1.82, 2.24) is 0 Å². The SMILES string of the molecule is COc1ccc(O[C@H]2C=CCC[C@@H]2Oc2ccc(OC)cc2)cc1. The van der Waals surface area contributed by atoms with Crippen LogP contribution in [-0.2, 0) is 0 Å². The van der Waals surface area contributed by atoms with Gasteiger partial charge in [-0.3, -0.25) is 0 Å². The van der Waals surface area contributed by atoms with Crippen LogP contribution in [0.25, 0.3) is 0 Å². The van der Waals surface area contributed by atoms with Gasteiger partial charge in [0, 0.05) is 0 Å². The lowest BCUT2D eigenvalue weighted by atomic mass is 10.0. The Morgan fingerprint density at radius 2 is 1.21 bits per heavy atom. The molecule has 4 heteroatoms. The molecule has 126 valence electrons. The van der Waals surface area contributed by atoms with Gasteiger partial charge in [-0.1, -0.05) is 6.08 Å². The topological polar surface area (TPSA) is 36.9 Å². The number of methoxy groups -OCH3 is 2. The van der Waals surface area contributed by atoms with E-state index in [9.17, 15) is 0 Å². The van der Waals surface area contributed by atoms with Crippen molar-refractivity contribution in [2.45, 2.75) is 25.0 Å². The first-order chi connectivity index (χ1) is 11.8. The lowest BCUT2D eigenvalue weighted by Crippen LogP contribution is -2.36. The summed E-state index contributed by atoms with van der Waals surface area (Å²) in [5.74, 6) is 3.25. The summed E-state index contributed by atoms with van der Waals surface area (Å²) in [6, 6.07) is 15.2. The molecule has 0 bridgehead atoms. The highest BCUT2D eigenvalue weighted by molar-refractivity contribution is 5.33. The van der Waals surface area contributed by atoms with Gasteiger partial charge in [-0.15, -0.1) is 0 Å². The highest BCUT2D eigenvalue weighted by Crippen LogP contribution is 2.26. The Hall–Kier alpha value is -2.62. The summed E-state index contributed by atoms with van der Waals surface area (Å²) >= 11 is 0. The molecule has 0 radical (unpaired) electrons. The quantitative estimate of drug-likeness (QED) is 0.744. The van der Waals surface area contributed by atoms with Gasteiger partial charge in [0.05, 0.1) is 14.2 Å². The highest BCUT2D eigenvalue weighted by atomic mass is 16.5. The normalized spacial score (nSPS) is 19.6. The molecule has 0 spiro atoms. The minimum absolute atomic E-state index is 0.0227. The van der Waals surface area contributed by atoms with E-state index >= 15 is 0 Å². The van der Waals surface area contributed by atoms with Crippen LogP contribution in [0.4, 0.5) is 0 Å². The van der Waals surface area contributed by atoms with Crippen LogP contribution in [0.1, 0.15) is 12.8 Å². The summed E-state index contributed by atoms with van der Waals surface area (Å²) < 4.78 is 22.6. The minimum atomic E-state index is -0.116. The maximum absolute atomic E-state index is 6.13. The molecule has 0 aliphatic heterocycles. The van der Waals surface area contributed by atoms with Crippen LogP contribution in [0.15, 0.2) is 60.7 Å². The van der Waals surface area contributed by atoms with Crippen LogP contribution in [0.3, 0.4) is 0 Å². The van der Waals surface area contributed by atoms with Crippen LogP contribution in [0, 0.1) is 0 Å². The van der Waals surface area contributed by atoms with E-state index in [0.717, 1.165) is 35.8 Å². The molecular formula is C20H22O4. The molecule has 4 nitrogen and oxygen atoms in total. The summed E-state index contributed by atoms with van der Waals surface area (Å²) in [6.07, 6.45) is 5.98. The summed E-state index contributed by atoms with van der Waals surface area (Å²) in [6.45, 7) is 0. The van der Waals surface area contributed by atoms with Crippen molar-refractivity contribution >= 4 is 0 Å². The Bertz CT molecular complexity index is 661. The van der Waals surface area contributed by atoms with Crippen LogP contribution in [0.5, 0.6) is 23.0 Å². The predicted octanol–water partition coefficient (Wildman–Crippen LogP) is 4.25. The Kier molecular flexibility index (Phi) is 5.26. The maximum Gasteiger partial charge on any atom is 0.154 e. The number of allylic oxidation sites excluding steroid dienone is 1. The van der Waals surface area contributed by atoms with E-state index in [4.69, 9.17) is 18.9 Å². The number of hydrogen-bond acceptors (Lipinski definition) is 4. The van der Waals surface area contributed by atoms with E-state index in [1.165, 1.54) is 0 Å². The first kappa shape index (κ1) is 16.2. The fourth-order valence-electron chi connectivity index (χ4n) is 2.66. The Morgan fingerprint density at radius 1 is 0.708 bits per heavy atom. The zero-order chi connectivity index (χ0) is 16.8. The molecule has 0 heterocycles. The van der Waals surface area contributed by atoms with Gasteiger partial charge in [-0.2, -0.15) is 0 Å². The van der Waals surface area contributed by atoms with Crippen LogP contribution < -0.4 is 18.9 Å². The van der Waals surface area contributed by atoms with E-state index in [1.807, 2.05) is 48.5 Å². The molecule has 0 amide bonds. The van der Waals surface area contributed by atoms with Crippen LogP contribution in [0.2, 0.25) is 0 Å². The van der Waals surface area contributed by atoms with Gasteiger partial charge in [-0.25, -0.2) is 0 Å². The first-order valence-electron chi connectivity index (χ1n) is 8.06. The molecule has 0 saturated carbocycles. The maximum atomic E-state index is 6.13. The van der Waals surface area contributed by atoms with Crippen LogP contribution in [-0.4, -0.2) is 26.4 Å². The average Bonchev–Trinajstić information content (AvgIpc) is 2.64. The van der Waals surface area contributed by atoms with Crippen molar-refractivity contribution in [2.24, 2.45) is 0 Å². The molecule has 0 aromatic heterocycles. The van der Waals surface area contributed by atoms with Gasteiger partial charge in [0.25, 0.3) is 0 Å². The van der Waals surface area contributed by atoms with Gasteiger partial charge in [0.2, 0.25) is 0 Å². The molecule has 1 aliphatic rings. The zero-order valence-electron chi connectivity index (χ0n) is 14.0. The highest BCUT2D eigenvalue weighted by Gasteiger charge is 2.25. The van der Waals surface area contributed by atoms with Gasteiger partial charge in [0.15, 0.2) is 6.10 Å². The molecule has 0 unspecified atom stereocenters. The largest absolute Gasteiger partial charge is 0.497 e. The second-order valence-electron chi connectivity index (χ2n) is 5.60. The van der Waals surface area contributed by atoms with Crippen molar-refractivity contribution < 1.29 is 18.9 Å². The standard InChI is InChI=1S/C20H22O4/c1-21-15-7-11-17(12-8-15)23-19-5-3-4-6-20(19)24-18-13-9-16(22-2)10-14-18/h3,5,7-14,19-20H,4,6H2,1-2H3/t19-,20-/m0/s1. The lowest BCUT2D eigenvalue weighted by Gasteiger charge is -2.29. The van der Waals surface area contributed by atoms with Gasteiger partial charge < -0.3 is 18.9 Å². The smallest absolute Gasteiger partial charge is 0.154 e. The number of ether oxygens (including phenoxy) is 4. The molecule has 2 aromatic rings. The third kappa shape index (κ3) is 4.02. The molecule has 3 rings (SSSR count). The molecular weight excluding hydrogens is 304 g/mol. The third-order valence-corrected chi connectivity index (χ3v) is 3.99. The van der Waals surface area contributed by atoms with E-state index in [-0.39, 0.29) is 12.2 Å². The summed E-state index contributed by atoms with van der Waals surface area (Å²) in [4.78, 5) is 0. The van der Waals surface area contributed by atoms with Crippen molar-refractivity contribution in [1.29, 1.82) is 0 Å². The number of rotatable bonds is 6. The van der Waals surface area contributed by atoms with Gasteiger partial charge in [0.1, 0.15) is 29.1 Å². The van der Waals surface area contributed by atoms with Crippen molar-refractivity contribution in [3.05, 3.63) is 60.7 Å². The van der Waals surface area contributed by atoms with E-state index in [1.54, 1.807) is 14.2 Å². The molecule has 24 heavy (non-hydrogen) atoms. The van der Waals surface area contributed by atoms with Crippen molar-refractivity contribution in [3.63, 3.8) is 0 Å². The fourth-order valence-corrected chi connectivity index (χ4v) is 2.66. The van der Waals surface area contributed by atoms with E-state index < -0.39 is 0 Å². The number of hydrogen-bond donors (Lipinski definition) is 0. The zero-order valence-corrected chi connectivity index (χ0v) is 14.0. The lowest BCUT2D eigenvalue weighted by molar-refractivity contribution is 0.0721. The van der Waals surface area contributed by atoms with Gasteiger partial charge >= 0.3 is 0 Å². The molecule has 1 aliphatic carbocycles. The van der Waals surface area contributed by atoms with Crippen LogP contribution >= 0.6 is 0 Å². The van der Waals surface area contributed by atoms with Crippen molar-refractivity contribution in [2.75, 3.05) is 14.2 Å². The van der Waals surface area contributed by atoms with Gasteiger partial charge in [-0.05, 0) is 67.4 Å². The minimum Gasteiger partial charge on any atom is -0.497 e. The third-order valence-electron chi connectivity index (χ3n) is 3.99. The van der Waals surface area contributed by atoms with E-state index in [0.29, 0.717) is 0 Å². The summed E-state index contributed by atoms with van der Waals surface area (Å²) in [5.41, 5.74) is 0. The second-order valence-corrected chi connectivity index (χ2v) is 5.60. The molecule has 0 saturated heterocycles. The van der Waals surface area contributed by atoms with Crippen molar-refractivity contribution in [3.8, 4) is 23.0 Å². The predicted molar refractivity (Wildman–Crippen MR) is 93.2 cm³/mol. The Labute approximate surface area is 142 Å². The second kappa shape index (κ2) is 7.77. The summed E-state index contributed by atoms with van der Waals surface area (Å²) in [7, 11) is 3.30. The molecule has 2 atom stereocenters. The molecule has 2 aromatic carbocycles. The Balaban J connectivity index is 1.67. The average molecular weight is 326 g/mol. The fraction of sp³-hybridized carbons (Fsp3) is 0.300. The van der Waals surface area contributed by atoms with E-state index in [2.05, 4.69) is 12.2 Å².